The summed E-state index contributed by atoms with van der Waals surface area (Å²) in [5.74, 6) is 1.35. The van der Waals surface area contributed by atoms with Crippen LogP contribution in [0.5, 0.6) is 5.75 Å². The summed E-state index contributed by atoms with van der Waals surface area (Å²) in [5, 5.41) is 10.2. The van der Waals surface area contributed by atoms with Crippen LogP contribution < -0.4 is 4.74 Å². The van der Waals surface area contributed by atoms with E-state index in [1.807, 2.05) is 11.6 Å². The van der Waals surface area contributed by atoms with Gasteiger partial charge in [-0.1, -0.05) is 25.0 Å². The van der Waals surface area contributed by atoms with E-state index in [1.54, 1.807) is 37.6 Å². The highest BCUT2D eigenvalue weighted by Gasteiger charge is 2.41. The average molecular weight is 513 g/mol. The van der Waals surface area contributed by atoms with Crippen molar-refractivity contribution >= 4 is 22.7 Å². The molecule has 3 aromatic rings. The molecular weight excluding hydrogens is 476 g/mol. The van der Waals surface area contributed by atoms with Crippen molar-refractivity contribution in [2.75, 3.05) is 13.7 Å². The number of nitrogens with zero attached hydrogens (tertiary/aromatic N) is 4. The Kier molecular flexibility index (Phi) is 7.00. The lowest BCUT2D eigenvalue weighted by Gasteiger charge is -2.46. The maximum Gasteiger partial charge on any atom is 0.226 e. The molecule has 198 valence electrons. The standard InChI is InChI=1S/C31H36N4O3/c1-31(2)16-23(12-13-35(31)30(37)21-9-5-6-10-21)25-19-34(3)29-27(25)28(38-4)24(18-33-29)15-26(36)22-11-7-8-20(14-22)17-32/h7-8,11,14,18-19,21,23H,5-6,9-10,12-13,15-16H2,1-4H3/t23-/m1/s1. The number of hydrogen-bond donors (Lipinski definition) is 0. The molecule has 1 amide bonds. The number of carbonyl (C=O) groups excluding carboxylic acids is 2. The molecule has 7 nitrogen and oxygen atoms in total. The average Bonchev–Trinajstić information content (AvgIpc) is 3.56. The number of ether oxygens (including phenoxy) is 1. The predicted octanol–water partition coefficient (Wildman–Crippen LogP) is 5.55. The maximum atomic E-state index is 13.3. The van der Waals surface area contributed by atoms with Gasteiger partial charge < -0.3 is 14.2 Å². The van der Waals surface area contributed by atoms with E-state index in [9.17, 15) is 14.9 Å². The highest BCUT2D eigenvalue weighted by atomic mass is 16.5. The van der Waals surface area contributed by atoms with Crippen molar-refractivity contribution in [1.82, 2.24) is 14.5 Å². The van der Waals surface area contributed by atoms with Gasteiger partial charge in [-0.3, -0.25) is 9.59 Å². The van der Waals surface area contributed by atoms with Gasteiger partial charge in [-0.25, -0.2) is 4.98 Å². The lowest BCUT2D eigenvalue weighted by molar-refractivity contribution is -0.143. The first-order chi connectivity index (χ1) is 18.2. The second-order valence-corrected chi connectivity index (χ2v) is 11.5. The van der Waals surface area contributed by atoms with E-state index < -0.39 is 0 Å². The SMILES string of the molecule is COc1c(CC(=O)c2cccc(C#N)c2)cnc2c1c([C@@H]1CCN(C(=O)C3CCCC3)C(C)(C)C1)cn2C. The lowest BCUT2D eigenvalue weighted by atomic mass is 9.78. The van der Waals surface area contributed by atoms with Crippen LogP contribution in [0, 0.1) is 17.2 Å². The number of piperidine rings is 1. The van der Waals surface area contributed by atoms with Crippen molar-refractivity contribution in [3.63, 3.8) is 0 Å². The summed E-state index contributed by atoms with van der Waals surface area (Å²) in [6.45, 7) is 5.12. The van der Waals surface area contributed by atoms with Crippen molar-refractivity contribution in [1.29, 1.82) is 5.26 Å². The first-order valence-electron chi connectivity index (χ1n) is 13.6. The van der Waals surface area contributed by atoms with Crippen LogP contribution in [-0.4, -0.2) is 45.3 Å². The summed E-state index contributed by atoms with van der Waals surface area (Å²) >= 11 is 0. The number of pyridine rings is 1. The number of carbonyl (C=O) groups is 2. The molecule has 0 spiro atoms. The quantitative estimate of drug-likeness (QED) is 0.404. The Hall–Kier alpha value is -3.66. The Balaban J connectivity index is 1.46. The van der Waals surface area contributed by atoms with Crippen LogP contribution in [0.3, 0.4) is 0 Å². The van der Waals surface area contributed by atoms with Crippen LogP contribution in [-0.2, 0) is 18.3 Å². The third kappa shape index (κ3) is 4.69. The molecule has 1 atom stereocenters. The number of methoxy groups -OCH3 is 1. The Morgan fingerprint density at radius 1 is 1.21 bits per heavy atom. The summed E-state index contributed by atoms with van der Waals surface area (Å²) in [7, 11) is 3.63. The van der Waals surface area contributed by atoms with Crippen LogP contribution in [0.25, 0.3) is 11.0 Å². The minimum atomic E-state index is -0.245. The molecule has 0 radical (unpaired) electrons. The second-order valence-electron chi connectivity index (χ2n) is 11.5. The molecule has 1 saturated heterocycles. The Bertz CT molecular complexity index is 1420. The third-order valence-electron chi connectivity index (χ3n) is 8.50. The molecule has 5 rings (SSSR count). The molecule has 1 saturated carbocycles. The van der Waals surface area contributed by atoms with E-state index in [4.69, 9.17) is 9.72 Å². The van der Waals surface area contributed by atoms with Crippen LogP contribution in [0.2, 0.25) is 0 Å². The summed E-state index contributed by atoms with van der Waals surface area (Å²) in [5.41, 5.74) is 3.43. The zero-order chi connectivity index (χ0) is 27.0. The van der Waals surface area contributed by atoms with Crippen molar-refractivity contribution in [3.05, 3.63) is 58.9 Å². The lowest BCUT2D eigenvalue weighted by Crippen LogP contribution is -2.53. The Morgan fingerprint density at radius 3 is 2.66 bits per heavy atom. The predicted molar refractivity (Wildman–Crippen MR) is 146 cm³/mol. The number of amides is 1. The molecule has 1 aromatic carbocycles. The van der Waals surface area contributed by atoms with Gasteiger partial charge in [0.1, 0.15) is 11.4 Å². The largest absolute Gasteiger partial charge is 0.496 e. The first-order valence-corrected chi connectivity index (χ1v) is 13.6. The summed E-state index contributed by atoms with van der Waals surface area (Å²) < 4.78 is 7.97. The van der Waals surface area contributed by atoms with Gasteiger partial charge in [-0.2, -0.15) is 5.26 Å². The van der Waals surface area contributed by atoms with E-state index in [-0.39, 0.29) is 29.6 Å². The minimum Gasteiger partial charge on any atom is -0.496 e. The molecule has 3 heterocycles. The summed E-state index contributed by atoms with van der Waals surface area (Å²) in [6, 6.07) is 8.87. The summed E-state index contributed by atoms with van der Waals surface area (Å²) in [4.78, 5) is 33.3. The molecule has 7 heteroatoms. The number of Topliss-reactive ketones (excluding diaryl/α,β-unsaturated/α-hetero) is 1. The fourth-order valence-corrected chi connectivity index (χ4v) is 6.56. The second kappa shape index (κ2) is 10.2. The number of aryl methyl sites for hydroxylation is 1. The van der Waals surface area contributed by atoms with Crippen LogP contribution in [0.1, 0.15) is 85.3 Å². The van der Waals surface area contributed by atoms with Gasteiger partial charge in [0.25, 0.3) is 0 Å². The van der Waals surface area contributed by atoms with Crippen molar-refractivity contribution in [2.24, 2.45) is 13.0 Å². The Labute approximate surface area is 224 Å². The van der Waals surface area contributed by atoms with Crippen LogP contribution >= 0.6 is 0 Å². The van der Waals surface area contributed by atoms with Gasteiger partial charge in [0.05, 0.1) is 24.1 Å². The fourth-order valence-electron chi connectivity index (χ4n) is 6.56. The number of rotatable bonds is 6. The molecule has 2 aromatic heterocycles. The molecule has 0 bridgehead atoms. The number of aromatic nitrogens is 2. The van der Waals surface area contributed by atoms with E-state index in [0.29, 0.717) is 22.8 Å². The van der Waals surface area contributed by atoms with Gasteiger partial charge in [0.2, 0.25) is 5.91 Å². The molecule has 1 aliphatic carbocycles. The molecule has 0 unspecified atom stereocenters. The third-order valence-corrected chi connectivity index (χ3v) is 8.50. The van der Waals surface area contributed by atoms with Crippen molar-refractivity contribution in [2.45, 2.75) is 70.3 Å². The van der Waals surface area contributed by atoms with Gasteiger partial charge >= 0.3 is 0 Å². The van der Waals surface area contributed by atoms with Gasteiger partial charge in [-0.15, -0.1) is 0 Å². The number of ketones is 1. The van der Waals surface area contributed by atoms with E-state index in [1.165, 1.54) is 0 Å². The molecule has 38 heavy (non-hydrogen) atoms. The molecular formula is C31H36N4O3. The zero-order valence-electron chi connectivity index (χ0n) is 22.8. The number of hydrogen-bond acceptors (Lipinski definition) is 5. The monoisotopic (exact) mass is 512 g/mol. The normalized spacial score (nSPS) is 19.4. The van der Waals surface area contributed by atoms with E-state index in [2.05, 4.69) is 31.0 Å². The number of benzene rings is 1. The molecule has 1 aliphatic heterocycles. The maximum absolute atomic E-state index is 13.3. The van der Waals surface area contributed by atoms with Gasteiger partial charge in [0, 0.05) is 55.0 Å². The molecule has 2 aliphatic rings. The van der Waals surface area contributed by atoms with E-state index >= 15 is 0 Å². The zero-order valence-corrected chi connectivity index (χ0v) is 22.8. The van der Waals surface area contributed by atoms with Gasteiger partial charge in [0.15, 0.2) is 5.78 Å². The number of nitriles is 1. The number of fused-ring (bicyclic) bond motifs is 1. The number of likely N-dealkylation sites (tertiary alicyclic amines) is 1. The Morgan fingerprint density at radius 2 is 1.97 bits per heavy atom. The molecule has 0 N–H and O–H groups in total. The highest BCUT2D eigenvalue weighted by molar-refractivity contribution is 5.99. The van der Waals surface area contributed by atoms with Gasteiger partial charge in [-0.05, 0) is 63.1 Å². The van der Waals surface area contributed by atoms with Crippen LogP contribution in [0.4, 0.5) is 0 Å². The van der Waals surface area contributed by atoms with Crippen LogP contribution in [0.15, 0.2) is 36.7 Å². The fraction of sp³-hybridized carbons (Fsp3) is 0.484. The minimum absolute atomic E-state index is 0.0844. The van der Waals surface area contributed by atoms with Crippen molar-refractivity contribution in [3.8, 4) is 11.8 Å². The smallest absolute Gasteiger partial charge is 0.226 e. The van der Waals surface area contributed by atoms with Crippen molar-refractivity contribution < 1.29 is 14.3 Å². The highest BCUT2D eigenvalue weighted by Crippen LogP contribution is 2.44. The first kappa shape index (κ1) is 26.0. The van der Waals surface area contributed by atoms with E-state index in [0.717, 1.165) is 67.2 Å². The molecule has 2 fully saturated rings. The summed E-state index contributed by atoms with van der Waals surface area (Å²) in [6.07, 6.45) is 10.1. The topological polar surface area (TPSA) is 88.2 Å².